The molecule has 0 heterocycles. The minimum Gasteiger partial charge on any atom is -0.550 e. The maximum atomic E-state index is 9.81. The summed E-state index contributed by atoms with van der Waals surface area (Å²) in [6.45, 7) is -0.125. The summed E-state index contributed by atoms with van der Waals surface area (Å²) < 4.78 is 0. The van der Waals surface area contributed by atoms with Gasteiger partial charge < -0.3 is 25.8 Å². The van der Waals surface area contributed by atoms with Gasteiger partial charge in [0.2, 0.25) is 5.79 Å². The molecule has 0 radical (unpaired) electrons. The summed E-state index contributed by atoms with van der Waals surface area (Å²) >= 11 is 0. The van der Waals surface area contributed by atoms with Gasteiger partial charge in [-0.05, 0) is 6.42 Å². The molecule has 0 rings (SSSR count). The van der Waals surface area contributed by atoms with Gasteiger partial charge in [-0.25, -0.2) is 0 Å². The van der Waals surface area contributed by atoms with Crippen molar-refractivity contribution in [1.29, 1.82) is 0 Å². The topological polar surface area (TPSA) is 108 Å². The van der Waals surface area contributed by atoms with Gasteiger partial charge in [-0.15, -0.1) is 0 Å². The molecular weight excluding hydrogens is 138 g/mol. The highest BCUT2D eigenvalue weighted by molar-refractivity contribution is 5.64. The maximum absolute atomic E-state index is 9.81. The predicted molar refractivity (Wildman–Crippen MR) is 29.2 cm³/mol. The Kier molecular flexibility index (Phi) is 3.27. The predicted octanol–water partition coefficient (Wildman–Crippen LogP) is -3.56. The molecular formula is C5H11NO4. The van der Waals surface area contributed by atoms with E-state index in [1.807, 2.05) is 0 Å². The lowest BCUT2D eigenvalue weighted by Gasteiger charge is -2.16. The Morgan fingerprint density at radius 1 is 1.60 bits per heavy atom. The van der Waals surface area contributed by atoms with Crippen molar-refractivity contribution in [3.8, 4) is 0 Å². The fourth-order valence-corrected chi connectivity index (χ4v) is 0.427. The average molecular weight is 149 g/mol. The van der Waals surface area contributed by atoms with Crippen molar-refractivity contribution in [1.82, 2.24) is 0 Å². The Labute approximate surface area is 58.1 Å². The Morgan fingerprint density at radius 2 is 2.10 bits per heavy atom. The van der Waals surface area contributed by atoms with Crippen molar-refractivity contribution in [3.63, 3.8) is 0 Å². The van der Waals surface area contributed by atoms with Crippen molar-refractivity contribution >= 4 is 5.97 Å². The minimum atomic E-state index is -1.96. The van der Waals surface area contributed by atoms with Crippen LogP contribution >= 0.6 is 0 Å². The van der Waals surface area contributed by atoms with E-state index < -0.39 is 11.8 Å². The first-order chi connectivity index (χ1) is 4.48. The number of carboxylic acids is 1. The fraction of sp³-hybridized carbons (Fsp3) is 0.800. The van der Waals surface area contributed by atoms with Crippen LogP contribution in [0.5, 0.6) is 0 Å². The van der Waals surface area contributed by atoms with E-state index in [0.717, 1.165) is 0 Å². The van der Waals surface area contributed by atoms with Crippen LogP contribution in [0.3, 0.4) is 0 Å². The summed E-state index contributed by atoms with van der Waals surface area (Å²) in [7, 11) is 0. The van der Waals surface area contributed by atoms with Crippen LogP contribution < -0.4 is 10.8 Å². The van der Waals surface area contributed by atoms with E-state index >= 15 is 0 Å². The number of carboxylic acid groups (broad SMARTS) is 1. The van der Waals surface area contributed by atoms with Crippen LogP contribution in [0.25, 0.3) is 0 Å². The molecule has 10 heavy (non-hydrogen) atoms. The number of hydrogen-bond acceptors (Lipinski definition) is 4. The Balaban J connectivity index is 3.56. The number of aliphatic hydroxyl groups is 2. The van der Waals surface area contributed by atoms with E-state index in [9.17, 15) is 9.90 Å². The van der Waals surface area contributed by atoms with Crippen LogP contribution in [0.2, 0.25) is 0 Å². The zero-order chi connectivity index (χ0) is 8.20. The first-order valence-corrected chi connectivity index (χ1v) is 2.92. The zero-order valence-corrected chi connectivity index (χ0v) is 5.54. The molecule has 0 unspecified atom stereocenters. The molecule has 5 heteroatoms. The summed E-state index contributed by atoms with van der Waals surface area (Å²) in [6.07, 6.45) is -0.596. The smallest absolute Gasteiger partial charge is 0.213 e. The van der Waals surface area contributed by atoms with Crippen molar-refractivity contribution in [2.24, 2.45) is 0 Å². The van der Waals surface area contributed by atoms with Crippen LogP contribution in [-0.4, -0.2) is 28.5 Å². The zero-order valence-electron chi connectivity index (χ0n) is 5.54. The van der Waals surface area contributed by atoms with Gasteiger partial charge in [-0.1, -0.05) is 0 Å². The summed E-state index contributed by atoms with van der Waals surface area (Å²) in [6, 6.07) is 0. The molecule has 0 fully saturated rings. The fourth-order valence-electron chi connectivity index (χ4n) is 0.427. The molecule has 5 N–H and O–H groups in total. The molecule has 0 spiro atoms. The second kappa shape index (κ2) is 3.50. The molecule has 0 aliphatic heterocycles. The molecule has 0 aromatic carbocycles. The molecule has 0 atom stereocenters. The first kappa shape index (κ1) is 9.35. The molecule has 0 aliphatic rings. The SMILES string of the molecule is [NH3+]CC(O)(O)CCC(=O)[O-]. The molecule has 0 amide bonds. The minimum absolute atomic E-state index is 0.125. The number of hydrogen-bond donors (Lipinski definition) is 3. The van der Waals surface area contributed by atoms with Crippen LogP contribution in [0.1, 0.15) is 12.8 Å². The molecule has 0 aromatic rings. The van der Waals surface area contributed by atoms with Gasteiger partial charge in [-0.2, -0.15) is 0 Å². The largest absolute Gasteiger partial charge is 0.550 e. The van der Waals surface area contributed by atoms with E-state index in [2.05, 4.69) is 5.73 Å². The third-order valence-electron chi connectivity index (χ3n) is 1.13. The third kappa shape index (κ3) is 4.25. The van der Waals surface area contributed by atoms with Gasteiger partial charge in [0.25, 0.3) is 0 Å². The number of rotatable bonds is 4. The Bertz CT molecular complexity index is 123. The molecule has 0 saturated heterocycles. The van der Waals surface area contributed by atoms with Crippen molar-refractivity contribution in [2.45, 2.75) is 18.6 Å². The molecule has 0 saturated carbocycles. The molecule has 60 valence electrons. The lowest BCUT2D eigenvalue weighted by atomic mass is 10.1. The standard InChI is InChI=1S/C5H11NO4/c6-3-5(9,10)2-1-4(7)8/h9-10H,1-3,6H2,(H,7,8). The van der Waals surface area contributed by atoms with E-state index in [0.29, 0.717) is 0 Å². The normalized spacial score (nSPS) is 11.5. The molecule has 0 bridgehead atoms. The van der Waals surface area contributed by atoms with Crippen molar-refractivity contribution in [2.75, 3.05) is 6.54 Å². The summed E-state index contributed by atoms with van der Waals surface area (Å²) in [5, 5.41) is 27.4. The Morgan fingerprint density at radius 3 is 2.40 bits per heavy atom. The highest BCUT2D eigenvalue weighted by atomic mass is 16.5. The lowest BCUT2D eigenvalue weighted by molar-refractivity contribution is -0.430. The second-order valence-electron chi connectivity index (χ2n) is 2.10. The number of aliphatic carboxylic acids is 1. The highest BCUT2D eigenvalue weighted by Crippen LogP contribution is 2.04. The van der Waals surface area contributed by atoms with Gasteiger partial charge >= 0.3 is 0 Å². The molecule has 0 aromatic heterocycles. The average Bonchev–Trinajstić information content (AvgIpc) is 1.85. The van der Waals surface area contributed by atoms with Gasteiger partial charge in [0, 0.05) is 12.4 Å². The molecule has 5 nitrogen and oxygen atoms in total. The summed E-state index contributed by atoms with van der Waals surface area (Å²) in [4.78, 5) is 9.81. The Hall–Kier alpha value is -0.650. The highest BCUT2D eigenvalue weighted by Gasteiger charge is 2.22. The van der Waals surface area contributed by atoms with Crippen LogP contribution in [0.4, 0.5) is 0 Å². The number of carbonyl (C=O) groups is 1. The maximum Gasteiger partial charge on any atom is 0.213 e. The number of carbonyl (C=O) groups excluding carboxylic acids is 1. The first-order valence-electron chi connectivity index (χ1n) is 2.92. The summed E-state index contributed by atoms with van der Waals surface area (Å²) in [5.74, 6) is -3.25. The van der Waals surface area contributed by atoms with Gasteiger partial charge in [0.1, 0.15) is 6.54 Å². The molecule has 0 aliphatic carbocycles. The van der Waals surface area contributed by atoms with E-state index in [-0.39, 0.29) is 19.4 Å². The van der Waals surface area contributed by atoms with Gasteiger partial charge in [0.05, 0.1) is 0 Å². The van der Waals surface area contributed by atoms with Gasteiger partial charge in [0.15, 0.2) is 0 Å². The van der Waals surface area contributed by atoms with E-state index in [4.69, 9.17) is 10.2 Å². The van der Waals surface area contributed by atoms with Crippen LogP contribution in [-0.2, 0) is 4.79 Å². The summed E-state index contributed by atoms with van der Waals surface area (Å²) in [5.41, 5.74) is 3.22. The lowest BCUT2D eigenvalue weighted by Crippen LogP contribution is -2.61. The quantitative estimate of drug-likeness (QED) is 0.359. The third-order valence-corrected chi connectivity index (χ3v) is 1.13. The van der Waals surface area contributed by atoms with E-state index in [1.54, 1.807) is 0 Å². The van der Waals surface area contributed by atoms with Crippen molar-refractivity contribution in [3.05, 3.63) is 0 Å². The van der Waals surface area contributed by atoms with E-state index in [1.165, 1.54) is 0 Å². The van der Waals surface area contributed by atoms with Crippen LogP contribution in [0, 0.1) is 0 Å². The van der Waals surface area contributed by atoms with Crippen molar-refractivity contribution < 1.29 is 25.8 Å². The van der Waals surface area contributed by atoms with Crippen LogP contribution in [0.15, 0.2) is 0 Å². The monoisotopic (exact) mass is 149 g/mol. The van der Waals surface area contributed by atoms with Gasteiger partial charge in [-0.3, -0.25) is 0 Å². The number of quaternary nitrogens is 1. The second-order valence-corrected chi connectivity index (χ2v) is 2.10.